The average molecular weight is 338 g/mol. The van der Waals surface area contributed by atoms with E-state index in [9.17, 15) is 0 Å². The van der Waals surface area contributed by atoms with Crippen LogP contribution >= 0.6 is 0 Å². The van der Waals surface area contributed by atoms with E-state index < -0.39 is 0 Å². The molecule has 0 spiro atoms. The Bertz CT molecular complexity index is 969. The highest BCUT2D eigenvalue weighted by Crippen LogP contribution is 2.41. The zero-order valence-electron chi connectivity index (χ0n) is 14.8. The Kier molecular flexibility index (Phi) is 3.95. The molecule has 0 heterocycles. The molecule has 2 aliphatic rings. The quantitative estimate of drug-likeness (QED) is 0.558. The summed E-state index contributed by atoms with van der Waals surface area (Å²) in [7, 11) is 0. The van der Waals surface area contributed by atoms with Crippen molar-refractivity contribution in [3.05, 3.63) is 101 Å². The van der Waals surface area contributed by atoms with Crippen molar-refractivity contribution in [2.75, 3.05) is 0 Å². The van der Waals surface area contributed by atoms with Gasteiger partial charge in [0.15, 0.2) is 0 Å². The molecule has 2 aliphatic carbocycles. The number of fused-ring (bicyclic) bond motifs is 5. The lowest BCUT2D eigenvalue weighted by molar-refractivity contribution is 0.0408. The van der Waals surface area contributed by atoms with Gasteiger partial charge in [0.1, 0.15) is 0 Å². The normalized spacial score (nSPS) is 17.3. The van der Waals surface area contributed by atoms with Crippen LogP contribution in [0.15, 0.2) is 72.8 Å². The summed E-state index contributed by atoms with van der Waals surface area (Å²) in [4.78, 5) is 0. The molecular weight excluding hydrogens is 316 g/mol. The third kappa shape index (κ3) is 2.69. The topological polar surface area (TPSA) is 9.23 Å². The van der Waals surface area contributed by atoms with Crippen LogP contribution in [0.25, 0.3) is 17.2 Å². The van der Waals surface area contributed by atoms with Gasteiger partial charge < -0.3 is 4.74 Å². The first kappa shape index (κ1) is 15.6. The molecule has 0 radical (unpaired) electrons. The van der Waals surface area contributed by atoms with Crippen molar-refractivity contribution in [3.63, 3.8) is 0 Å². The van der Waals surface area contributed by atoms with Crippen molar-refractivity contribution in [3.8, 4) is 11.1 Å². The van der Waals surface area contributed by atoms with Crippen LogP contribution in [-0.4, -0.2) is 0 Å². The van der Waals surface area contributed by atoms with Gasteiger partial charge in [-0.25, -0.2) is 0 Å². The van der Waals surface area contributed by atoms with E-state index in [0.29, 0.717) is 6.61 Å². The molecule has 0 saturated carbocycles. The predicted octanol–water partition coefficient (Wildman–Crippen LogP) is 6.13. The smallest absolute Gasteiger partial charge is 0.0869 e. The second-order valence-corrected chi connectivity index (χ2v) is 7.18. The summed E-state index contributed by atoms with van der Waals surface area (Å²) in [5.74, 6) is 0. The SMILES string of the molecule is C1=Cc2c(ccc3c2CCc2ccccc2-3)C(OCc2ccccc2)C1. The van der Waals surface area contributed by atoms with Gasteiger partial charge >= 0.3 is 0 Å². The summed E-state index contributed by atoms with van der Waals surface area (Å²) < 4.78 is 6.30. The summed E-state index contributed by atoms with van der Waals surface area (Å²) in [6.45, 7) is 0.665. The fourth-order valence-electron chi connectivity index (χ4n) is 4.31. The van der Waals surface area contributed by atoms with Gasteiger partial charge in [-0.1, -0.05) is 78.9 Å². The lowest BCUT2D eigenvalue weighted by Crippen LogP contribution is -2.13. The minimum Gasteiger partial charge on any atom is -0.369 e. The van der Waals surface area contributed by atoms with Gasteiger partial charge in [-0.2, -0.15) is 0 Å². The van der Waals surface area contributed by atoms with E-state index in [1.54, 1.807) is 0 Å². The number of benzene rings is 3. The van der Waals surface area contributed by atoms with Gasteiger partial charge in [-0.3, -0.25) is 0 Å². The summed E-state index contributed by atoms with van der Waals surface area (Å²) in [5, 5.41) is 0. The van der Waals surface area contributed by atoms with Crippen LogP contribution in [0, 0.1) is 0 Å². The highest BCUT2D eigenvalue weighted by molar-refractivity contribution is 5.79. The lowest BCUT2D eigenvalue weighted by atomic mass is 9.79. The molecule has 26 heavy (non-hydrogen) atoms. The highest BCUT2D eigenvalue weighted by Gasteiger charge is 2.24. The van der Waals surface area contributed by atoms with Gasteiger partial charge in [0.2, 0.25) is 0 Å². The van der Waals surface area contributed by atoms with Crippen molar-refractivity contribution in [2.24, 2.45) is 0 Å². The van der Waals surface area contributed by atoms with E-state index in [1.807, 2.05) is 6.07 Å². The molecule has 3 aromatic rings. The van der Waals surface area contributed by atoms with Crippen LogP contribution in [0.3, 0.4) is 0 Å². The van der Waals surface area contributed by atoms with Crippen molar-refractivity contribution >= 4 is 6.08 Å². The molecule has 0 fully saturated rings. The maximum atomic E-state index is 6.30. The summed E-state index contributed by atoms with van der Waals surface area (Å²) in [5.41, 5.74) is 9.73. The molecule has 1 unspecified atom stereocenters. The molecule has 1 nitrogen and oxygen atoms in total. The van der Waals surface area contributed by atoms with E-state index in [2.05, 4.69) is 72.8 Å². The minimum atomic E-state index is 0.151. The van der Waals surface area contributed by atoms with Crippen LogP contribution < -0.4 is 0 Å². The first-order valence-electron chi connectivity index (χ1n) is 9.46. The van der Waals surface area contributed by atoms with Gasteiger partial charge in [-0.15, -0.1) is 0 Å². The molecule has 0 aromatic heterocycles. The van der Waals surface area contributed by atoms with Gasteiger partial charge in [-0.05, 0) is 58.2 Å². The molecule has 1 heteroatoms. The number of rotatable bonds is 3. The fourth-order valence-corrected chi connectivity index (χ4v) is 4.31. The van der Waals surface area contributed by atoms with Gasteiger partial charge in [0, 0.05) is 0 Å². The van der Waals surface area contributed by atoms with Crippen LogP contribution in [0.5, 0.6) is 0 Å². The van der Waals surface area contributed by atoms with Crippen molar-refractivity contribution in [1.82, 2.24) is 0 Å². The Morgan fingerprint density at radius 3 is 2.58 bits per heavy atom. The molecule has 0 aliphatic heterocycles. The molecule has 0 amide bonds. The zero-order valence-corrected chi connectivity index (χ0v) is 14.8. The largest absolute Gasteiger partial charge is 0.369 e. The molecule has 0 bridgehead atoms. The van der Waals surface area contributed by atoms with E-state index in [0.717, 1.165) is 19.3 Å². The molecule has 5 rings (SSSR count). The van der Waals surface area contributed by atoms with Crippen molar-refractivity contribution < 1.29 is 4.74 Å². The maximum absolute atomic E-state index is 6.30. The Morgan fingerprint density at radius 1 is 0.808 bits per heavy atom. The Labute approximate surface area is 155 Å². The second-order valence-electron chi connectivity index (χ2n) is 7.18. The molecule has 0 saturated heterocycles. The van der Waals surface area contributed by atoms with E-state index in [1.165, 1.54) is 38.9 Å². The number of ether oxygens (including phenoxy) is 1. The monoisotopic (exact) mass is 338 g/mol. The molecule has 1 atom stereocenters. The van der Waals surface area contributed by atoms with Crippen molar-refractivity contribution in [2.45, 2.75) is 32.0 Å². The third-order valence-corrected chi connectivity index (χ3v) is 5.62. The molecule has 0 N–H and O–H groups in total. The molecular formula is C25H22O. The fraction of sp³-hybridized carbons (Fsp3) is 0.200. The Morgan fingerprint density at radius 2 is 1.65 bits per heavy atom. The van der Waals surface area contributed by atoms with E-state index in [-0.39, 0.29) is 6.10 Å². The summed E-state index contributed by atoms with van der Waals surface area (Å²) in [6, 6.07) is 23.9. The lowest BCUT2D eigenvalue weighted by Gasteiger charge is -2.28. The van der Waals surface area contributed by atoms with E-state index in [4.69, 9.17) is 4.74 Å². The second kappa shape index (κ2) is 6.59. The summed E-state index contributed by atoms with van der Waals surface area (Å²) in [6.07, 6.45) is 7.94. The predicted molar refractivity (Wildman–Crippen MR) is 107 cm³/mol. The van der Waals surface area contributed by atoms with Gasteiger partial charge in [0.05, 0.1) is 12.7 Å². The molecule has 3 aromatic carbocycles. The van der Waals surface area contributed by atoms with Gasteiger partial charge in [0.25, 0.3) is 0 Å². The highest BCUT2D eigenvalue weighted by atomic mass is 16.5. The van der Waals surface area contributed by atoms with Crippen LogP contribution in [0.1, 0.15) is 40.3 Å². The Balaban J connectivity index is 1.49. The van der Waals surface area contributed by atoms with E-state index >= 15 is 0 Å². The van der Waals surface area contributed by atoms with Crippen LogP contribution in [0.4, 0.5) is 0 Å². The number of hydrogen-bond donors (Lipinski definition) is 0. The van der Waals surface area contributed by atoms with Crippen LogP contribution in [-0.2, 0) is 24.2 Å². The number of aryl methyl sites for hydroxylation is 1. The first-order valence-corrected chi connectivity index (χ1v) is 9.46. The number of hydrogen-bond acceptors (Lipinski definition) is 1. The maximum Gasteiger partial charge on any atom is 0.0869 e. The average Bonchev–Trinajstić information content (AvgIpc) is 2.72. The van der Waals surface area contributed by atoms with Crippen LogP contribution in [0.2, 0.25) is 0 Å². The first-order chi connectivity index (χ1) is 12.9. The summed E-state index contributed by atoms with van der Waals surface area (Å²) >= 11 is 0. The Hall–Kier alpha value is -2.64. The zero-order chi connectivity index (χ0) is 17.3. The minimum absolute atomic E-state index is 0.151. The molecule has 128 valence electrons. The van der Waals surface area contributed by atoms with Crippen molar-refractivity contribution in [1.29, 1.82) is 0 Å². The third-order valence-electron chi connectivity index (χ3n) is 5.62. The standard InChI is InChI=1S/C25H22O/c1-2-7-18(8-3-1)17-26-25-12-6-11-21-23-14-13-19-9-4-5-10-20(19)22(23)15-16-24(21)25/h1-11,15-16,25H,12-14,17H2.